The fourth-order valence-corrected chi connectivity index (χ4v) is 3.25. The number of thiazole rings is 1. The Labute approximate surface area is 132 Å². The molecule has 0 radical (unpaired) electrons. The highest BCUT2D eigenvalue weighted by Crippen LogP contribution is 2.21. The Morgan fingerprint density at radius 2 is 1.95 bits per heavy atom. The molecule has 1 unspecified atom stereocenters. The number of benzene rings is 1. The van der Waals surface area contributed by atoms with Gasteiger partial charge in [-0.2, -0.15) is 0 Å². The number of hydrogen-bond acceptors (Lipinski definition) is 3. The number of hydrogen-bond donors (Lipinski definition) is 1. The minimum Gasteiger partial charge on any atom is -0.310 e. The normalized spacial score (nSPS) is 12.8. The molecule has 1 N–H and O–H groups in total. The first-order valence-electron chi connectivity index (χ1n) is 7.90. The molecule has 1 aromatic heterocycles. The van der Waals surface area contributed by atoms with Crippen LogP contribution >= 0.6 is 11.3 Å². The first kappa shape index (κ1) is 16.2. The minimum atomic E-state index is 0.358. The van der Waals surface area contributed by atoms with E-state index in [4.69, 9.17) is 4.98 Å². The Morgan fingerprint density at radius 3 is 2.62 bits per heavy atom. The van der Waals surface area contributed by atoms with Crippen LogP contribution in [0.5, 0.6) is 0 Å². The number of nitrogens with zero attached hydrogens (tertiary/aromatic N) is 1. The Bertz CT molecular complexity index is 519. The van der Waals surface area contributed by atoms with E-state index in [0.717, 1.165) is 25.3 Å². The number of aryl methyl sites for hydroxylation is 1. The van der Waals surface area contributed by atoms with Crippen LogP contribution in [-0.2, 0) is 12.8 Å². The molecule has 0 fully saturated rings. The predicted octanol–water partition coefficient (Wildman–Crippen LogP) is 4.63. The lowest BCUT2D eigenvalue weighted by Crippen LogP contribution is -2.23. The molecule has 0 bridgehead atoms. The first-order chi connectivity index (χ1) is 10.2. The monoisotopic (exact) mass is 302 g/mol. The van der Waals surface area contributed by atoms with Gasteiger partial charge in [-0.05, 0) is 30.9 Å². The van der Waals surface area contributed by atoms with Crippen molar-refractivity contribution in [1.82, 2.24) is 10.3 Å². The number of nitrogens with one attached hydrogen (secondary N) is 1. The zero-order chi connectivity index (χ0) is 15.1. The van der Waals surface area contributed by atoms with Crippen LogP contribution in [0.4, 0.5) is 0 Å². The van der Waals surface area contributed by atoms with E-state index in [1.54, 1.807) is 0 Å². The Kier molecular flexibility index (Phi) is 6.40. The van der Waals surface area contributed by atoms with Gasteiger partial charge in [-0.3, -0.25) is 0 Å². The van der Waals surface area contributed by atoms with Crippen molar-refractivity contribution >= 4 is 11.3 Å². The van der Waals surface area contributed by atoms with Crippen LogP contribution in [0, 0.1) is 5.92 Å². The molecule has 0 aliphatic heterocycles. The van der Waals surface area contributed by atoms with E-state index in [0.29, 0.717) is 6.04 Å². The Balaban J connectivity index is 2.00. The second-order valence-corrected chi connectivity index (χ2v) is 6.83. The van der Waals surface area contributed by atoms with Gasteiger partial charge in [0.15, 0.2) is 0 Å². The molecule has 114 valence electrons. The second kappa shape index (κ2) is 8.30. The van der Waals surface area contributed by atoms with Crippen molar-refractivity contribution in [2.45, 2.75) is 46.1 Å². The topological polar surface area (TPSA) is 24.9 Å². The van der Waals surface area contributed by atoms with E-state index in [1.807, 2.05) is 11.3 Å². The average Bonchev–Trinajstić information content (AvgIpc) is 2.93. The summed E-state index contributed by atoms with van der Waals surface area (Å²) in [4.78, 5) is 4.81. The lowest BCUT2D eigenvalue weighted by molar-refractivity contribution is 0.543. The van der Waals surface area contributed by atoms with E-state index < -0.39 is 0 Å². The van der Waals surface area contributed by atoms with Gasteiger partial charge in [0, 0.05) is 17.8 Å². The molecule has 2 rings (SSSR count). The molecule has 0 aliphatic rings. The van der Waals surface area contributed by atoms with E-state index in [2.05, 4.69) is 61.8 Å². The fraction of sp³-hybridized carbons (Fsp3) is 0.500. The molecule has 3 heteroatoms. The summed E-state index contributed by atoms with van der Waals surface area (Å²) in [6.07, 6.45) is 3.30. The highest BCUT2D eigenvalue weighted by Gasteiger charge is 2.13. The summed E-state index contributed by atoms with van der Waals surface area (Å²) in [5, 5.41) is 7.08. The summed E-state index contributed by atoms with van der Waals surface area (Å²) in [5.41, 5.74) is 2.56. The van der Waals surface area contributed by atoms with Gasteiger partial charge in [0.2, 0.25) is 0 Å². The number of likely N-dealkylation sites (N-methyl/N-ethyl adjacent to an activating group) is 1. The molecule has 0 spiro atoms. The highest BCUT2D eigenvalue weighted by molar-refractivity contribution is 7.09. The van der Waals surface area contributed by atoms with E-state index in [9.17, 15) is 0 Å². The molecule has 0 saturated carbocycles. The lowest BCUT2D eigenvalue weighted by Gasteiger charge is -2.17. The van der Waals surface area contributed by atoms with Crippen LogP contribution in [0.2, 0.25) is 0 Å². The van der Waals surface area contributed by atoms with E-state index in [-0.39, 0.29) is 0 Å². The van der Waals surface area contributed by atoms with Crippen LogP contribution in [0.15, 0.2) is 35.7 Å². The standard InChI is InChI=1S/C18H26N2S/c1-4-19-17(15-8-6-5-7-9-15)12-16-13-21-18(20-16)11-10-14(2)3/h5-9,13-14,17,19H,4,10-12H2,1-3H3. The van der Waals surface area contributed by atoms with Crippen LogP contribution in [-0.4, -0.2) is 11.5 Å². The lowest BCUT2D eigenvalue weighted by atomic mass is 10.0. The van der Waals surface area contributed by atoms with Crippen LogP contribution in [0.3, 0.4) is 0 Å². The third-order valence-electron chi connectivity index (χ3n) is 3.60. The maximum absolute atomic E-state index is 4.81. The van der Waals surface area contributed by atoms with Crippen molar-refractivity contribution in [2.24, 2.45) is 5.92 Å². The average molecular weight is 302 g/mol. The van der Waals surface area contributed by atoms with Crippen LogP contribution in [0.1, 0.15) is 49.5 Å². The largest absolute Gasteiger partial charge is 0.310 e. The molecule has 21 heavy (non-hydrogen) atoms. The number of aromatic nitrogens is 1. The van der Waals surface area contributed by atoms with E-state index in [1.165, 1.54) is 22.7 Å². The zero-order valence-electron chi connectivity index (χ0n) is 13.3. The number of rotatable bonds is 8. The minimum absolute atomic E-state index is 0.358. The maximum atomic E-state index is 4.81. The van der Waals surface area contributed by atoms with Gasteiger partial charge in [0.1, 0.15) is 0 Å². The van der Waals surface area contributed by atoms with Crippen molar-refractivity contribution in [3.8, 4) is 0 Å². The molecule has 0 aliphatic carbocycles. The summed E-state index contributed by atoms with van der Waals surface area (Å²) >= 11 is 1.81. The summed E-state index contributed by atoms with van der Waals surface area (Å²) in [5.74, 6) is 0.746. The molecule has 1 atom stereocenters. The van der Waals surface area contributed by atoms with Crippen LogP contribution in [0.25, 0.3) is 0 Å². The van der Waals surface area contributed by atoms with Crippen molar-refractivity contribution in [3.05, 3.63) is 52.0 Å². The van der Waals surface area contributed by atoms with Gasteiger partial charge in [-0.1, -0.05) is 51.1 Å². The SMILES string of the molecule is CCNC(Cc1csc(CCC(C)C)n1)c1ccccc1. The third-order valence-corrected chi connectivity index (χ3v) is 4.56. The Morgan fingerprint density at radius 1 is 1.19 bits per heavy atom. The van der Waals surface area contributed by atoms with Gasteiger partial charge in [0.05, 0.1) is 10.7 Å². The summed E-state index contributed by atoms with van der Waals surface area (Å²) in [6.45, 7) is 7.67. The van der Waals surface area contributed by atoms with Crippen molar-refractivity contribution in [1.29, 1.82) is 0 Å². The van der Waals surface area contributed by atoms with Gasteiger partial charge in [-0.25, -0.2) is 4.98 Å². The van der Waals surface area contributed by atoms with Gasteiger partial charge >= 0.3 is 0 Å². The predicted molar refractivity (Wildman–Crippen MR) is 91.8 cm³/mol. The van der Waals surface area contributed by atoms with Crippen molar-refractivity contribution in [2.75, 3.05) is 6.54 Å². The first-order valence-corrected chi connectivity index (χ1v) is 8.78. The zero-order valence-corrected chi connectivity index (χ0v) is 14.1. The van der Waals surface area contributed by atoms with Gasteiger partial charge in [0.25, 0.3) is 0 Å². The Hall–Kier alpha value is -1.19. The highest BCUT2D eigenvalue weighted by atomic mass is 32.1. The smallest absolute Gasteiger partial charge is 0.0928 e. The van der Waals surface area contributed by atoms with Crippen LogP contribution < -0.4 is 5.32 Å². The molecule has 0 amide bonds. The molecule has 1 heterocycles. The van der Waals surface area contributed by atoms with Gasteiger partial charge < -0.3 is 5.32 Å². The van der Waals surface area contributed by atoms with E-state index >= 15 is 0 Å². The third kappa shape index (κ3) is 5.25. The summed E-state index contributed by atoms with van der Waals surface area (Å²) in [7, 11) is 0. The molecular weight excluding hydrogens is 276 g/mol. The quantitative estimate of drug-likeness (QED) is 0.769. The molecule has 2 nitrogen and oxygen atoms in total. The molecule has 1 aromatic carbocycles. The summed E-state index contributed by atoms with van der Waals surface area (Å²) in [6, 6.07) is 11.0. The van der Waals surface area contributed by atoms with Crippen molar-refractivity contribution < 1.29 is 0 Å². The molecular formula is C18H26N2S. The van der Waals surface area contributed by atoms with Crippen molar-refractivity contribution in [3.63, 3.8) is 0 Å². The van der Waals surface area contributed by atoms with Gasteiger partial charge in [-0.15, -0.1) is 11.3 Å². The summed E-state index contributed by atoms with van der Waals surface area (Å²) < 4.78 is 0. The molecule has 0 saturated heterocycles. The fourth-order valence-electron chi connectivity index (χ4n) is 2.42. The second-order valence-electron chi connectivity index (χ2n) is 5.89. The maximum Gasteiger partial charge on any atom is 0.0928 e. The molecule has 2 aromatic rings.